The standard InChI is InChI=1S/C17H26N4O3S2/c1-3-20(14-8-9-26(23,24)10-14)16(22)11(2)25-17-19-18-15(12-4-5-12)21(17)13-6-7-13/h11-14H,3-10H2,1-2H3. The lowest BCUT2D eigenvalue weighted by molar-refractivity contribution is -0.131. The molecule has 2 heterocycles. The molecule has 26 heavy (non-hydrogen) atoms. The lowest BCUT2D eigenvalue weighted by atomic mass is 10.2. The van der Waals surface area contributed by atoms with Gasteiger partial charge in [-0.15, -0.1) is 10.2 Å². The zero-order valence-corrected chi connectivity index (χ0v) is 16.9. The van der Waals surface area contributed by atoms with E-state index >= 15 is 0 Å². The molecule has 1 saturated heterocycles. The topological polar surface area (TPSA) is 85.2 Å². The van der Waals surface area contributed by atoms with E-state index in [0.29, 0.717) is 24.9 Å². The van der Waals surface area contributed by atoms with Gasteiger partial charge in [-0.25, -0.2) is 8.42 Å². The average Bonchev–Trinajstić information content (AvgIpc) is 3.52. The third-order valence-electron chi connectivity index (χ3n) is 5.45. The van der Waals surface area contributed by atoms with E-state index in [1.807, 2.05) is 13.8 Å². The molecule has 4 rings (SSSR count). The first-order valence-corrected chi connectivity index (χ1v) is 12.2. The monoisotopic (exact) mass is 398 g/mol. The highest BCUT2D eigenvalue weighted by molar-refractivity contribution is 8.00. The normalized spacial score (nSPS) is 26.0. The van der Waals surface area contributed by atoms with E-state index in [1.165, 1.54) is 24.6 Å². The van der Waals surface area contributed by atoms with E-state index in [0.717, 1.165) is 23.8 Å². The number of carbonyl (C=O) groups is 1. The van der Waals surface area contributed by atoms with Crippen LogP contribution in [-0.2, 0) is 14.6 Å². The molecule has 0 spiro atoms. The molecule has 2 aliphatic carbocycles. The highest BCUT2D eigenvalue weighted by atomic mass is 32.2. The third-order valence-corrected chi connectivity index (χ3v) is 8.24. The minimum Gasteiger partial charge on any atom is -0.338 e. The largest absolute Gasteiger partial charge is 0.338 e. The second-order valence-corrected chi connectivity index (χ2v) is 11.2. The van der Waals surface area contributed by atoms with Crippen LogP contribution in [0.25, 0.3) is 0 Å². The van der Waals surface area contributed by atoms with Gasteiger partial charge in [0.2, 0.25) is 5.91 Å². The van der Waals surface area contributed by atoms with Crippen molar-refractivity contribution in [2.45, 2.75) is 74.4 Å². The van der Waals surface area contributed by atoms with Gasteiger partial charge in [-0.05, 0) is 46.0 Å². The van der Waals surface area contributed by atoms with Crippen LogP contribution in [-0.4, -0.2) is 63.3 Å². The average molecular weight is 399 g/mol. The van der Waals surface area contributed by atoms with Crippen molar-refractivity contribution < 1.29 is 13.2 Å². The molecule has 0 radical (unpaired) electrons. The molecule has 2 saturated carbocycles. The van der Waals surface area contributed by atoms with Gasteiger partial charge in [0, 0.05) is 24.5 Å². The molecule has 1 aromatic rings. The van der Waals surface area contributed by atoms with Gasteiger partial charge in [-0.2, -0.15) is 0 Å². The molecule has 3 fully saturated rings. The highest BCUT2D eigenvalue weighted by Gasteiger charge is 2.39. The molecule has 1 aliphatic heterocycles. The molecular formula is C17H26N4O3S2. The number of sulfone groups is 1. The van der Waals surface area contributed by atoms with Crippen molar-refractivity contribution in [1.82, 2.24) is 19.7 Å². The lowest BCUT2D eigenvalue weighted by Crippen LogP contribution is -2.44. The van der Waals surface area contributed by atoms with E-state index in [9.17, 15) is 13.2 Å². The van der Waals surface area contributed by atoms with Crippen molar-refractivity contribution in [2.75, 3.05) is 18.1 Å². The summed E-state index contributed by atoms with van der Waals surface area (Å²) in [5, 5.41) is 9.32. The summed E-state index contributed by atoms with van der Waals surface area (Å²) in [5.74, 6) is 1.90. The van der Waals surface area contributed by atoms with Crippen LogP contribution in [0.2, 0.25) is 0 Å². The van der Waals surface area contributed by atoms with Gasteiger partial charge >= 0.3 is 0 Å². The SMILES string of the molecule is CCN(C(=O)C(C)Sc1nnc(C2CC2)n1C1CC1)C1CCS(=O)(=O)C1. The van der Waals surface area contributed by atoms with Crippen LogP contribution in [0.4, 0.5) is 0 Å². The van der Waals surface area contributed by atoms with Gasteiger partial charge < -0.3 is 9.47 Å². The maximum atomic E-state index is 13.0. The van der Waals surface area contributed by atoms with Crippen molar-refractivity contribution in [2.24, 2.45) is 0 Å². The molecule has 0 N–H and O–H groups in total. The molecule has 144 valence electrons. The van der Waals surface area contributed by atoms with Crippen LogP contribution < -0.4 is 0 Å². The van der Waals surface area contributed by atoms with Crippen LogP contribution >= 0.6 is 11.8 Å². The Balaban J connectivity index is 1.47. The second kappa shape index (κ2) is 6.82. The first-order valence-electron chi connectivity index (χ1n) is 9.52. The van der Waals surface area contributed by atoms with Crippen LogP contribution in [0.1, 0.15) is 63.7 Å². The summed E-state index contributed by atoms with van der Waals surface area (Å²) in [7, 11) is -3.00. The first-order chi connectivity index (χ1) is 12.4. The molecule has 0 aromatic carbocycles. The number of hydrogen-bond acceptors (Lipinski definition) is 6. The Morgan fingerprint density at radius 2 is 2.00 bits per heavy atom. The van der Waals surface area contributed by atoms with Gasteiger partial charge in [0.05, 0.1) is 16.8 Å². The molecule has 3 aliphatic rings. The van der Waals surface area contributed by atoms with Gasteiger partial charge in [-0.3, -0.25) is 4.79 Å². The van der Waals surface area contributed by atoms with Crippen LogP contribution in [0.3, 0.4) is 0 Å². The van der Waals surface area contributed by atoms with E-state index < -0.39 is 9.84 Å². The quantitative estimate of drug-likeness (QED) is 0.653. The molecule has 9 heteroatoms. The fraction of sp³-hybridized carbons (Fsp3) is 0.824. The zero-order valence-electron chi connectivity index (χ0n) is 15.3. The number of aromatic nitrogens is 3. The smallest absolute Gasteiger partial charge is 0.236 e. The molecule has 2 atom stereocenters. The van der Waals surface area contributed by atoms with E-state index in [-0.39, 0.29) is 28.7 Å². The fourth-order valence-corrected chi connectivity index (χ4v) is 6.45. The van der Waals surface area contributed by atoms with Gasteiger partial charge in [0.15, 0.2) is 15.0 Å². The number of amides is 1. The van der Waals surface area contributed by atoms with Gasteiger partial charge in [0.1, 0.15) is 5.82 Å². The maximum Gasteiger partial charge on any atom is 0.236 e. The van der Waals surface area contributed by atoms with E-state index in [4.69, 9.17) is 0 Å². The van der Waals surface area contributed by atoms with E-state index in [1.54, 1.807) is 4.90 Å². The van der Waals surface area contributed by atoms with Crippen LogP contribution in [0.15, 0.2) is 5.16 Å². The lowest BCUT2D eigenvalue weighted by Gasteiger charge is -2.29. The van der Waals surface area contributed by atoms with Crippen molar-refractivity contribution >= 4 is 27.5 Å². The van der Waals surface area contributed by atoms with Crippen molar-refractivity contribution in [3.05, 3.63) is 5.82 Å². The second-order valence-electron chi connectivity index (χ2n) is 7.66. The molecule has 0 bridgehead atoms. The van der Waals surface area contributed by atoms with Gasteiger partial charge in [0.25, 0.3) is 0 Å². The molecule has 7 nitrogen and oxygen atoms in total. The summed E-state index contributed by atoms with van der Waals surface area (Å²) in [6.07, 6.45) is 5.24. The van der Waals surface area contributed by atoms with Crippen molar-refractivity contribution in [1.29, 1.82) is 0 Å². The third kappa shape index (κ3) is 3.65. The number of rotatable bonds is 7. The first kappa shape index (κ1) is 18.3. The summed E-state index contributed by atoms with van der Waals surface area (Å²) in [5.41, 5.74) is 0. The van der Waals surface area contributed by atoms with Crippen molar-refractivity contribution in [3.63, 3.8) is 0 Å². The number of carbonyl (C=O) groups excluding carboxylic acids is 1. The summed E-state index contributed by atoms with van der Waals surface area (Å²) in [4.78, 5) is 14.7. The Labute approximate surface area is 158 Å². The Bertz CT molecular complexity index is 799. The maximum absolute atomic E-state index is 13.0. The summed E-state index contributed by atoms with van der Waals surface area (Å²) >= 11 is 1.46. The zero-order chi connectivity index (χ0) is 18.5. The fourth-order valence-electron chi connectivity index (χ4n) is 3.72. The summed E-state index contributed by atoms with van der Waals surface area (Å²) in [6, 6.07) is 0.302. The molecule has 1 amide bonds. The minimum atomic E-state index is -3.00. The number of hydrogen-bond donors (Lipinski definition) is 0. The molecule has 1 aromatic heterocycles. The number of thioether (sulfide) groups is 1. The minimum absolute atomic E-state index is 0.00193. The Hall–Kier alpha value is -1.09. The molecule has 2 unspecified atom stereocenters. The van der Waals surface area contributed by atoms with Gasteiger partial charge in [-0.1, -0.05) is 11.8 Å². The summed E-state index contributed by atoms with van der Waals surface area (Å²) < 4.78 is 25.8. The highest BCUT2D eigenvalue weighted by Crippen LogP contribution is 2.46. The number of nitrogens with zero attached hydrogens (tertiary/aromatic N) is 4. The van der Waals surface area contributed by atoms with Crippen molar-refractivity contribution in [3.8, 4) is 0 Å². The Morgan fingerprint density at radius 3 is 2.54 bits per heavy atom. The Kier molecular flexibility index (Phi) is 4.79. The predicted molar refractivity (Wildman–Crippen MR) is 100 cm³/mol. The molecular weight excluding hydrogens is 372 g/mol. The van der Waals surface area contributed by atoms with Crippen LogP contribution in [0.5, 0.6) is 0 Å². The summed E-state index contributed by atoms with van der Waals surface area (Å²) in [6.45, 7) is 4.34. The Morgan fingerprint density at radius 1 is 1.27 bits per heavy atom. The van der Waals surface area contributed by atoms with E-state index in [2.05, 4.69) is 14.8 Å². The van der Waals surface area contributed by atoms with Crippen LogP contribution in [0, 0.1) is 0 Å². The predicted octanol–water partition coefficient (Wildman–Crippen LogP) is 2.01.